The van der Waals surface area contributed by atoms with Gasteiger partial charge in [0.1, 0.15) is 5.75 Å². The van der Waals surface area contributed by atoms with Crippen molar-refractivity contribution in [1.82, 2.24) is 5.32 Å². The number of rotatable bonds is 6. The van der Waals surface area contributed by atoms with E-state index in [0.717, 1.165) is 11.4 Å². The topological polar surface area (TPSA) is 88.7 Å². The Balaban J connectivity index is 0.00000312. The molecule has 2 aromatic rings. The number of halogens is 2. The SMILES string of the molecule is COc1ccc(NC(N)=NCCNC(=O)c2ccccc2Cl)cc1.I. The number of methoxy groups -OCH3 is 1. The maximum atomic E-state index is 12.0. The molecule has 0 fully saturated rings. The third-order valence-electron chi connectivity index (χ3n) is 3.16. The van der Waals surface area contributed by atoms with Crippen molar-refractivity contribution in [2.24, 2.45) is 10.7 Å². The minimum absolute atomic E-state index is 0. The Morgan fingerprint density at radius 2 is 1.88 bits per heavy atom. The summed E-state index contributed by atoms with van der Waals surface area (Å²) in [6, 6.07) is 14.2. The highest BCUT2D eigenvalue weighted by Gasteiger charge is 2.08. The summed E-state index contributed by atoms with van der Waals surface area (Å²) in [6.07, 6.45) is 0. The van der Waals surface area contributed by atoms with E-state index in [-0.39, 0.29) is 35.8 Å². The second kappa shape index (κ2) is 10.8. The quantitative estimate of drug-likeness (QED) is 0.260. The van der Waals surface area contributed by atoms with Gasteiger partial charge in [0, 0.05) is 12.2 Å². The maximum Gasteiger partial charge on any atom is 0.252 e. The van der Waals surface area contributed by atoms with Crippen LogP contribution in [0.2, 0.25) is 5.02 Å². The zero-order chi connectivity index (χ0) is 17.4. The monoisotopic (exact) mass is 474 g/mol. The fraction of sp³-hybridized carbons (Fsp3) is 0.176. The van der Waals surface area contributed by atoms with Crippen molar-refractivity contribution in [1.29, 1.82) is 0 Å². The zero-order valence-corrected chi connectivity index (χ0v) is 16.7. The first-order chi connectivity index (χ1) is 11.6. The van der Waals surface area contributed by atoms with Crippen molar-refractivity contribution >= 4 is 53.1 Å². The van der Waals surface area contributed by atoms with Crippen LogP contribution in [0.4, 0.5) is 5.69 Å². The Bertz CT molecular complexity index is 723. The molecule has 0 saturated heterocycles. The van der Waals surface area contributed by atoms with Gasteiger partial charge in [0.15, 0.2) is 5.96 Å². The Kier molecular flexibility index (Phi) is 9.07. The fourth-order valence-electron chi connectivity index (χ4n) is 1.95. The van der Waals surface area contributed by atoms with E-state index >= 15 is 0 Å². The van der Waals surface area contributed by atoms with Gasteiger partial charge in [-0.05, 0) is 36.4 Å². The summed E-state index contributed by atoms with van der Waals surface area (Å²) in [5.74, 6) is 0.794. The molecule has 0 saturated carbocycles. The molecule has 0 spiro atoms. The first kappa shape index (κ1) is 21.0. The third-order valence-corrected chi connectivity index (χ3v) is 3.49. The van der Waals surface area contributed by atoms with Gasteiger partial charge >= 0.3 is 0 Å². The number of anilines is 1. The van der Waals surface area contributed by atoms with E-state index in [1.165, 1.54) is 0 Å². The van der Waals surface area contributed by atoms with Crippen molar-refractivity contribution in [3.8, 4) is 5.75 Å². The highest BCUT2D eigenvalue weighted by Crippen LogP contribution is 2.15. The molecule has 0 bridgehead atoms. The van der Waals surface area contributed by atoms with E-state index in [0.29, 0.717) is 23.7 Å². The van der Waals surface area contributed by atoms with Crippen molar-refractivity contribution in [3.05, 3.63) is 59.1 Å². The number of amides is 1. The predicted octanol–water partition coefficient (Wildman–Crippen LogP) is 3.12. The number of nitrogens with one attached hydrogen (secondary N) is 2. The van der Waals surface area contributed by atoms with Gasteiger partial charge in [0.2, 0.25) is 0 Å². The van der Waals surface area contributed by atoms with Crippen LogP contribution in [0.1, 0.15) is 10.4 Å². The number of aliphatic imine (C=N–C) groups is 1. The summed E-state index contributed by atoms with van der Waals surface area (Å²) in [7, 11) is 1.61. The summed E-state index contributed by atoms with van der Waals surface area (Å²) in [6.45, 7) is 0.709. The van der Waals surface area contributed by atoms with Gasteiger partial charge in [0.25, 0.3) is 5.91 Å². The summed E-state index contributed by atoms with van der Waals surface area (Å²) in [5, 5.41) is 6.12. The van der Waals surface area contributed by atoms with E-state index < -0.39 is 0 Å². The van der Waals surface area contributed by atoms with E-state index in [2.05, 4.69) is 15.6 Å². The lowest BCUT2D eigenvalue weighted by Crippen LogP contribution is -2.28. The number of nitrogens with two attached hydrogens (primary N) is 1. The number of nitrogens with zero attached hydrogens (tertiary/aromatic N) is 1. The highest BCUT2D eigenvalue weighted by molar-refractivity contribution is 14.0. The van der Waals surface area contributed by atoms with Gasteiger partial charge in [-0.25, -0.2) is 0 Å². The molecule has 2 aromatic carbocycles. The lowest BCUT2D eigenvalue weighted by molar-refractivity contribution is 0.0955. The van der Waals surface area contributed by atoms with Gasteiger partial charge in [-0.3, -0.25) is 9.79 Å². The molecule has 4 N–H and O–H groups in total. The molecular formula is C17H20ClIN4O2. The summed E-state index contributed by atoms with van der Waals surface area (Å²) in [4.78, 5) is 16.1. The van der Waals surface area contributed by atoms with Crippen molar-refractivity contribution in [2.75, 3.05) is 25.5 Å². The summed E-state index contributed by atoms with van der Waals surface area (Å²) in [5.41, 5.74) is 7.04. The molecule has 0 unspecified atom stereocenters. The van der Waals surface area contributed by atoms with Gasteiger partial charge in [0.05, 0.1) is 24.2 Å². The Hall–Kier alpha value is -2.00. The van der Waals surface area contributed by atoms with Gasteiger partial charge in [-0.2, -0.15) is 0 Å². The van der Waals surface area contributed by atoms with Crippen LogP contribution in [0.25, 0.3) is 0 Å². The molecular weight excluding hydrogens is 455 g/mol. The van der Waals surface area contributed by atoms with E-state index in [1.807, 2.05) is 24.3 Å². The molecule has 2 rings (SSSR count). The van der Waals surface area contributed by atoms with Gasteiger partial charge in [-0.15, -0.1) is 24.0 Å². The zero-order valence-electron chi connectivity index (χ0n) is 13.7. The number of carbonyl (C=O) groups excluding carboxylic acids is 1. The van der Waals surface area contributed by atoms with E-state index in [1.54, 1.807) is 31.4 Å². The number of benzene rings is 2. The lowest BCUT2D eigenvalue weighted by Gasteiger charge is -2.07. The smallest absolute Gasteiger partial charge is 0.252 e. The molecule has 0 radical (unpaired) electrons. The molecule has 0 aromatic heterocycles. The van der Waals surface area contributed by atoms with Gasteiger partial charge < -0.3 is 21.1 Å². The number of hydrogen-bond donors (Lipinski definition) is 3. The number of guanidine groups is 1. The molecule has 1 amide bonds. The van der Waals surface area contributed by atoms with E-state index in [9.17, 15) is 4.79 Å². The average Bonchev–Trinajstić information content (AvgIpc) is 2.59. The minimum Gasteiger partial charge on any atom is -0.497 e. The van der Waals surface area contributed by atoms with Crippen LogP contribution >= 0.6 is 35.6 Å². The average molecular weight is 475 g/mol. The first-order valence-electron chi connectivity index (χ1n) is 7.34. The molecule has 0 aliphatic heterocycles. The van der Waals surface area contributed by atoms with E-state index in [4.69, 9.17) is 22.1 Å². The standard InChI is InChI=1S/C17H19ClN4O2.HI/c1-24-13-8-6-12(7-9-13)22-17(19)21-11-10-20-16(23)14-4-2-3-5-15(14)18;/h2-9H,10-11H2,1H3,(H,20,23)(H3,19,21,22);1H. The Morgan fingerprint density at radius 1 is 1.20 bits per heavy atom. The summed E-state index contributed by atoms with van der Waals surface area (Å²) < 4.78 is 5.08. The fourth-order valence-corrected chi connectivity index (χ4v) is 2.17. The first-order valence-corrected chi connectivity index (χ1v) is 7.71. The largest absolute Gasteiger partial charge is 0.497 e. The second-order valence-electron chi connectivity index (χ2n) is 4.86. The van der Waals surface area contributed by atoms with Crippen LogP contribution in [0.15, 0.2) is 53.5 Å². The van der Waals surface area contributed by atoms with Crippen LogP contribution in [0.5, 0.6) is 5.75 Å². The van der Waals surface area contributed by atoms with Crippen molar-refractivity contribution in [2.45, 2.75) is 0 Å². The number of hydrogen-bond acceptors (Lipinski definition) is 3. The normalized spacial score (nSPS) is 10.6. The van der Waals surface area contributed by atoms with Crippen LogP contribution in [-0.2, 0) is 0 Å². The molecule has 0 aliphatic rings. The molecule has 0 aliphatic carbocycles. The minimum atomic E-state index is -0.238. The van der Waals surface area contributed by atoms with Crippen LogP contribution in [0, 0.1) is 0 Å². The Labute approximate surface area is 168 Å². The van der Waals surface area contributed by atoms with Crippen molar-refractivity contribution < 1.29 is 9.53 Å². The highest BCUT2D eigenvalue weighted by atomic mass is 127. The van der Waals surface area contributed by atoms with Crippen LogP contribution in [0.3, 0.4) is 0 Å². The second-order valence-corrected chi connectivity index (χ2v) is 5.26. The van der Waals surface area contributed by atoms with Crippen molar-refractivity contribution in [3.63, 3.8) is 0 Å². The third kappa shape index (κ3) is 6.79. The lowest BCUT2D eigenvalue weighted by atomic mass is 10.2. The van der Waals surface area contributed by atoms with Crippen LogP contribution in [-0.4, -0.2) is 32.1 Å². The molecule has 0 atom stereocenters. The molecule has 6 nitrogen and oxygen atoms in total. The summed E-state index contributed by atoms with van der Waals surface area (Å²) >= 11 is 5.97. The molecule has 0 heterocycles. The predicted molar refractivity (Wildman–Crippen MR) is 112 cm³/mol. The Morgan fingerprint density at radius 3 is 2.52 bits per heavy atom. The maximum absolute atomic E-state index is 12.0. The molecule has 134 valence electrons. The number of ether oxygens (including phenoxy) is 1. The number of carbonyl (C=O) groups is 1. The molecule has 8 heteroatoms. The van der Waals surface area contributed by atoms with Gasteiger partial charge in [-0.1, -0.05) is 23.7 Å². The molecule has 25 heavy (non-hydrogen) atoms. The van der Waals surface area contributed by atoms with Crippen LogP contribution < -0.4 is 21.1 Å².